The molecule has 0 aliphatic rings. The van der Waals surface area contributed by atoms with Crippen LogP contribution in [0.25, 0.3) is 0 Å². The number of alkyl halides is 3. The van der Waals surface area contributed by atoms with E-state index in [1.165, 1.54) is 0 Å². The second-order valence-corrected chi connectivity index (χ2v) is 3.96. The van der Waals surface area contributed by atoms with Crippen LogP contribution in [0.3, 0.4) is 0 Å². The highest BCUT2D eigenvalue weighted by atomic mass is 79.9. The van der Waals surface area contributed by atoms with E-state index in [1.807, 2.05) is 19.1 Å². The predicted octanol–water partition coefficient (Wildman–Crippen LogP) is 2.86. The van der Waals surface area contributed by atoms with Crippen molar-refractivity contribution in [2.24, 2.45) is 0 Å². The number of nitrogens with zero attached hydrogens (tertiary/aromatic N) is 2. The molecule has 15 heavy (non-hydrogen) atoms. The van der Waals surface area contributed by atoms with Gasteiger partial charge in [0, 0.05) is 17.6 Å². The highest BCUT2D eigenvalue weighted by molar-refractivity contribution is 9.09. The minimum Gasteiger partial charge on any atom is -0.350 e. The molecule has 0 spiro atoms. The van der Waals surface area contributed by atoms with Crippen molar-refractivity contribution in [1.29, 1.82) is 0 Å². The van der Waals surface area contributed by atoms with Crippen LogP contribution in [-0.4, -0.2) is 29.8 Å². The largest absolute Gasteiger partial charge is 0.350 e. The molecule has 0 saturated carbocycles. The van der Waals surface area contributed by atoms with Gasteiger partial charge in [0.1, 0.15) is 5.82 Å². The summed E-state index contributed by atoms with van der Waals surface area (Å²) in [6, 6.07) is 5.42. The van der Waals surface area contributed by atoms with E-state index in [4.69, 9.17) is 0 Å². The maximum absolute atomic E-state index is 12.3. The first-order valence-electron chi connectivity index (χ1n) is 4.66. The number of anilines is 1. The number of rotatable bonds is 5. The molecule has 1 heterocycles. The topological polar surface area (TPSA) is 16.1 Å². The van der Waals surface area contributed by atoms with Crippen LogP contribution in [0, 0.1) is 6.92 Å². The number of pyridine rings is 1. The van der Waals surface area contributed by atoms with Crippen molar-refractivity contribution >= 4 is 21.7 Å². The fraction of sp³-hybridized carbons (Fsp3) is 0.500. The number of aryl methyl sites for hydroxylation is 1. The van der Waals surface area contributed by atoms with Crippen molar-refractivity contribution in [3.63, 3.8) is 0 Å². The summed E-state index contributed by atoms with van der Waals surface area (Å²) in [6.07, 6.45) is -2.34. The van der Waals surface area contributed by atoms with Gasteiger partial charge in [0.25, 0.3) is 6.43 Å². The third kappa shape index (κ3) is 4.11. The number of hydrogen-bond acceptors (Lipinski definition) is 2. The lowest BCUT2D eigenvalue weighted by Gasteiger charge is -2.22. The first kappa shape index (κ1) is 12.4. The van der Waals surface area contributed by atoms with Crippen LogP contribution < -0.4 is 4.90 Å². The molecule has 0 atom stereocenters. The second kappa shape index (κ2) is 6.00. The molecule has 0 unspecified atom stereocenters. The van der Waals surface area contributed by atoms with Crippen molar-refractivity contribution in [1.82, 2.24) is 4.98 Å². The summed E-state index contributed by atoms with van der Waals surface area (Å²) in [4.78, 5) is 5.79. The smallest absolute Gasteiger partial charge is 0.255 e. The van der Waals surface area contributed by atoms with Gasteiger partial charge in [-0.2, -0.15) is 0 Å². The van der Waals surface area contributed by atoms with Gasteiger partial charge in [-0.05, 0) is 19.1 Å². The Balaban J connectivity index is 2.78. The highest BCUT2D eigenvalue weighted by Crippen LogP contribution is 2.13. The van der Waals surface area contributed by atoms with Gasteiger partial charge in [-0.25, -0.2) is 13.8 Å². The normalized spacial score (nSPS) is 10.7. The Labute approximate surface area is 96.4 Å². The van der Waals surface area contributed by atoms with Gasteiger partial charge in [0.15, 0.2) is 0 Å². The van der Waals surface area contributed by atoms with Gasteiger partial charge in [-0.15, -0.1) is 0 Å². The van der Waals surface area contributed by atoms with Crippen molar-refractivity contribution in [3.05, 3.63) is 23.9 Å². The van der Waals surface area contributed by atoms with Crippen LogP contribution >= 0.6 is 15.9 Å². The highest BCUT2D eigenvalue weighted by Gasteiger charge is 2.13. The molecule has 0 aromatic carbocycles. The zero-order valence-corrected chi connectivity index (χ0v) is 10.0. The van der Waals surface area contributed by atoms with E-state index < -0.39 is 6.43 Å². The van der Waals surface area contributed by atoms with Gasteiger partial charge in [-0.1, -0.05) is 22.0 Å². The SMILES string of the molecule is Cc1cccc(N(CCBr)CC(F)F)n1. The summed E-state index contributed by atoms with van der Waals surface area (Å²) in [6.45, 7) is 2.10. The minimum atomic E-state index is -2.34. The van der Waals surface area contributed by atoms with Crippen molar-refractivity contribution in [2.45, 2.75) is 13.3 Å². The first-order chi connectivity index (χ1) is 7.13. The van der Waals surface area contributed by atoms with Crippen LogP contribution in [-0.2, 0) is 0 Å². The number of hydrogen-bond donors (Lipinski definition) is 0. The zero-order chi connectivity index (χ0) is 11.3. The van der Waals surface area contributed by atoms with Gasteiger partial charge < -0.3 is 4.90 Å². The molecule has 1 aromatic rings. The molecule has 0 fully saturated rings. The molecular weight excluding hydrogens is 266 g/mol. The van der Waals surface area contributed by atoms with Crippen LogP contribution in [0.2, 0.25) is 0 Å². The van der Waals surface area contributed by atoms with E-state index in [-0.39, 0.29) is 6.54 Å². The molecule has 5 heteroatoms. The summed E-state index contributed by atoms with van der Waals surface area (Å²) in [7, 11) is 0. The molecule has 1 rings (SSSR count). The van der Waals surface area contributed by atoms with E-state index in [1.54, 1.807) is 11.0 Å². The molecule has 1 aromatic heterocycles. The summed E-state index contributed by atoms with van der Waals surface area (Å²) >= 11 is 3.24. The van der Waals surface area contributed by atoms with Crippen LogP contribution in [0.1, 0.15) is 5.69 Å². The average molecular weight is 279 g/mol. The van der Waals surface area contributed by atoms with Crippen LogP contribution in [0.5, 0.6) is 0 Å². The summed E-state index contributed by atoms with van der Waals surface area (Å²) in [5, 5.41) is 0.648. The van der Waals surface area contributed by atoms with Gasteiger partial charge in [0.2, 0.25) is 0 Å². The van der Waals surface area contributed by atoms with Crippen molar-refractivity contribution in [3.8, 4) is 0 Å². The Morgan fingerprint density at radius 3 is 2.73 bits per heavy atom. The lowest BCUT2D eigenvalue weighted by atomic mass is 10.3. The zero-order valence-electron chi connectivity index (χ0n) is 8.46. The Morgan fingerprint density at radius 2 is 2.20 bits per heavy atom. The van der Waals surface area contributed by atoms with Crippen LogP contribution in [0.4, 0.5) is 14.6 Å². The molecule has 0 amide bonds. The molecule has 0 aliphatic carbocycles. The fourth-order valence-electron chi connectivity index (χ4n) is 1.27. The lowest BCUT2D eigenvalue weighted by molar-refractivity contribution is 0.155. The lowest BCUT2D eigenvalue weighted by Crippen LogP contribution is -2.31. The number of halogens is 3. The minimum absolute atomic E-state index is 0.276. The Bertz CT molecular complexity index is 307. The summed E-state index contributed by atoms with van der Waals surface area (Å²) < 4.78 is 24.6. The molecule has 0 aliphatic heterocycles. The average Bonchev–Trinajstić information content (AvgIpc) is 2.16. The molecule has 0 N–H and O–H groups in total. The number of aromatic nitrogens is 1. The van der Waals surface area contributed by atoms with E-state index in [9.17, 15) is 8.78 Å². The van der Waals surface area contributed by atoms with E-state index >= 15 is 0 Å². The Hall–Kier alpha value is -0.710. The third-order valence-electron chi connectivity index (χ3n) is 1.91. The molecule has 84 valence electrons. The third-order valence-corrected chi connectivity index (χ3v) is 2.27. The monoisotopic (exact) mass is 278 g/mol. The maximum atomic E-state index is 12.3. The molecule has 0 bridgehead atoms. The quantitative estimate of drug-likeness (QED) is 0.770. The van der Waals surface area contributed by atoms with Crippen LogP contribution in [0.15, 0.2) is 18.2 Å². The van der Waals surface area contributed by atoms with Gasteiger partial charge in [0.05, 0.1) is 6.54 Å². The van der Waals surface area contributed by atoms with Crippen molar-refractivity contribution < 1.29 is 8.78 Å². The maximum Gasteiger partial charge on any atom is 0.255 e. The summed E-state index contributed by atoms with van der Waals surface area (Å²) in [5.74, 6) is 0.606. The first-order valence-corrected chi connectivity index (χ1v) is 5.78. The van der Waals surface area contributed by atoms with E-state index in [0.29, 0.717) is 17.7 Å². The van der Waals surface area contributed by atoms with E-state index in [0.717, 1.165) is 5.69 Å². The van der Waals surface area contributed by atoms with Gasteiger partial charge >= 0.3 is 0 Å². The Morgan fingerprint density at radius 1 is 1.47 bits per heavy atom. The molecule has 0 radical (unpaired) electrons. The standard InChI is InChI=1S/C10H13BrF2N2/c1-8-3-2-4-10(14-8)15(6-5-11)7-9(12)13/h2-4,9H,5-7H2,1H3. The molecule has 0 saturated heterocycles. The Kier molecular flexibility index (Phi) is 4.94. The molecular formula is C10H13BrF2N2. The van der Waals surface area contributed by atoms with Gasteiger partial charge in [-0.3, -0.25) is 0 Å². The van der Waals surface area contributed by atoms with Crippen molar-refractivity contribution in [2.75, 3.05) is 23.3 Å². The second-order valence-electron chi connectivity index (χ2n) is 3.16. The summed E-state index contributed by atoms with van der Waals surface area (Å²) in [5.41, 5.74) is 0.835. The fourth-order valence-corrected chi connectivity index (χ4v) is 1.70. The van der Waals surface area contributed by atoms with E-state index in [2.05, 4.69) is 20.9 Å². The predicted molar refractivity (Wildman–Crippen MR) is 61.0 cm³/mol. The molecule has 2 nitrogen and oxygen atoms in total.